The van der Waals surface area contributed by atoms with Gasteiger partial charge in [0.15, 0.2) is 0 Å². The van der Waals surface area contributed by atoms with E-state index in [2.05, 4.69) is 0 Å². The van der Waals surface area contributed by atoms with Crippen LogP contribution in [-0.4, -0.2) is 30.8 Å². The number of methoxy groups -OCH3 is 1. The number of rotatable bonds is 4. The monoisotopic (exact) mass is 363 g/mol. The summed E-state index contributed by atoms with van der Waals surface area (Å²) in [5.74, 6) is -3.38. The fraction of sp³-hybridized carbons (Fsp3) is 0.222. The molecule has 0 saturated heterocycles. The summed E-state index contributed by atoms with van der Waals surface area (Å²) in [5.41, 5.74) is 1.87. The fourth-order valence-electron chi connectivity index (χ4n) is 2.88. The number of ether oxygens (including phenoxy) is 1. The maximum atomic E-state index is 12.9. The predicted octanol–water partition coefficient (Wildman–Crippen LogP) is 3.75. The Bertz CT molecular complexity index is 795. The molecule has 0 aliphatic carbocycles. The molecule has 1 heterocycles. The number of esters is 1. The number of carbonyl (C=O) groups is 2. The molecule has 25 heavy (non-hydrogen) atoms. The quantitative estimate of drug-likeness (QED) is 0.613. The Morgan fingerprint density at radius 3 is 2.48 bits per heavy atom. The Morgan fingerprint density at radius 2 is 1.84 bits per heavy atom. The van der Waals surface area contributed by atoms with Crippen LogP contribution in [0.25, 0.3) is 0 Å². The van der Waals surface area contributed by atoms with Crippen molar-refractivity contribution in [1.82, 2.24) is 0 Å². The van der Waals surface area contributed by atoms with Crippen LogP contribution in [0.4, 0.5) is 14.5 Å². The lowest BCUT2D eigenvalue weighted by atomic mass is 10.1. The van der Waals surface area contributed by atoms with Crippen molar-refractivity contribution in [3.05, 3.63) is 59.7 Å². The molecule has 0 unspecified atom stereocenters. The lowest BCUT2D eigenvalue weighted by molar-refractivity contribution is -0.141. The van der Waals surface area contributed by atoms with Gasteiger partial charge in [-0.15, -0.1) is 0 Å². The molecule has 130 valence electrons. The first-order valence-electron chi connectivity index (χ1n) is 7.55. The normalized spacial score (nSPS) is 16.0. The first kappa shape index (κ1) is 17.4. The summed E-state index contributed by atoms with van der Waals surface area (Å²) in [7, 11) is 1.28. The van der Waals surface area contributed by atoms with Crippen LogP contribution in [0.15, 0.2) is 53.4 Å². The summed E-state index contributed by atoms with van der Waals surface area (Å²) < 4.78 is 29.6. The number of alkyl halides is 2. The van der Waals surface area contributed by atoms with Crippen LogP contribution in [0, 0.1) is 0 Å². The number of hydrogen-bond acceptors (Lipinski definition) is 4. The van der Waals surface area contributed by atoms with E-state index in [1.54, 1.807) is 12.1 Å². The molecule has 0 N–H and O–H groups in total. The second kappa shape index (κ2) is 7.23. The second-order valence-electron chi connectivity index (χ2n) is 5.45. The van der Waals surface area contributed by atoms with E-state index in [0.717, 1.165) is 5.56 Å². The maximum Gasteiger partial charge on any atom is 0.329 e. The number of fused-ring (bicyclic) bond motifs is 1. The Labute approximate surface area is 147 Å². The van der Waals surface area contributed by atoms with E-state index >= 15 is 0 Å². The van der Waals surface area contributed by atoms with Gasteiger partial charge in [-0.05, 0) is 35.9 Å². The van der Waals surface area contributed by atoms with Crippen molar-refractivity contribution in [2.75, 3.05) is 12.0 Å². The third-order valence-electron chi connectivity index (χ3n) is 3.99. The van der Waals surface area contributed by atoms with Crippen LogP contribution in [0.5, 0.6) is 0 Å². The van der Waals surface area contributed by atoms with Crippen molar-refractivity contribution >= 4 is 29.3 Å². The van der Waals surface area contributed by atoms with E-state index in [1.165, 1.54) is 36.3 Å². The van der Waals surface area contributed by atoms with Gasteiger partial charge in [-0.3, -0.25) is 9.69 Å². The topological polar surface area (TPSA) is 46.6 Å². The van der Waals surface area contributed by atoms with Crippen LogP contribution in [0.2, 0.25) is 0 Å². The van der Waals surface area contributed by atoms with Crippen molar-refractivity contribution in [3.63, 3.8) is 0 Å². The molecule has 1 atom stereocenters. The second-order valence-corrected chi connectivity index (χ2v) is 6.51. The zero-order valence-corrected chi connectivity index (χ0v) is 14.1. The highest BCUT2D eigenvalue weighted by Gasteiger charge is 2.39. The summed E-state index contributed by atoms with van der Waals surface area (Å²) in [4.78, 5) is 26.8. The SMILES string of the molecule is COC(=O)[C@@H]1Cc2ccccc2N1C(=O)c1ccc(SC(F)F)cc1. The number of nitrogens with zero attached hydrogens (tertiary/aromatic N) is 1. The van der Waals surface area contributed by atoms with Gasteiger partial charge in [0.05, 0.1) is 7.11 Å². The van der Waals surface area contributed by atoms with Crippen LogP contribution in [0.1, 0.15) is 15.9 Å². The Morgan fingerprint density at radius 1 is 1.16 bits per heavy atom. The Hall–Kier alpha value is -2.41. The largest absolute Gasteiger partial charge is 0.467 e. The number of thioether (sulfide) groups is 1. The lowest BCUT2D eigenvalue weighted by Crippen LogP contribution is -2.43. The van der Waals surface area contributed by atoms with Gasteiger partial charge in [-0.2, -0.15) is 8.78 Å². The van der Waals surface area contributed by atoms with E-state index < -0.39 is 17.8 Å². The fourth-order valence-corrected chi connectivity index (χ4v) is 3.38. The van der Waals surface area contributed by atoms with Crippen LogP contribution >= 0.6 is 11.8 Å². The number of carbonyl (C=O) groups excluding carboxylic acids is 2. The van der Waals surface area contributed by atoms with E-state index in [1.807, 2.05) is 12.1 Å². The molecule has 0 aromatic heterocycles. The number of benzene rings is 2. The minimum Gasteiger partial charge on any atom is -0.467 e. The lowest BCUT2D eigenvalue weighted by Gasteiger charge is -2.23. The van der Waals surface area contributed by atoms with Crippen LogP contribution in [0.3, 0.4) is 0 Å². The molecule has 0 bridgehead atoms. The van der Waals surface area contributed by atoms with Crippen molar-refractivity contribution in [2.45, 2.75) is 23.1 Å². The van der Waals surface area contributed by atoms with Gasteiger partial charge in [-0.1, -0.05) is 30.0 Å². The molecule has 0 fully saturated rings. The highest BCUT2D eigenvalue weighted by atomic mass is 32.2. The molecule has 4 nitrogen and oxygen atoms in total. The van der Waals surface area contributed by atoms with E-state index in [-0.39, 0.29) is 5.91 Å². The molecule has 1 aliphatic rings. The Balaban J connectivity index is 1.91. The predicted molar refractivity (Wildman–Crippen MR) is 91.1 cm³/mol. The van der Waals surface area contributed by atoms with E-state index in [0.29, 0.717) is 34.3 Å². The molecule has 2 aromatic rings. The standard InChI is InChI=1S/C18H15F2NO3S/c1-24-17(23)15-10-12-4-2-3-5-14(12)21(15)16(22)11-6-8-13(9-7-11)25-18(19)20/h2-9,15,18H,10H2,1H3/t15-/m0/s1. The van der Waals surface area contributed by atoms with Crippen molar-refractivity contribution < 1.29 is 23.1 Å². The van der Waals surface area contributed by atoms with Crippen molar-refractivity contribution in [1.29, 1.82) is 0 Å². The average Bonchev–Trinajstić information content (AvgIpc) is 3.00. The van der Waals surface area contributed by atoms with E-state index in [9.17, 15) is 18.4 Å². The van der Waals surface area contributed by atoms with Crippen LogP contribution < -0.4 is 4.90 Å². The van der Waals surface area contributed by atoms with Gasteiger partial charge in [0.25, 0.3) is 11.7 Å². The summed E-state index contributed by atoms with van der Waals surface area (Å²) in [6, 6.07) is 12.5. The first-order chi connectivity index (χ1) is 12.0. The van der Waals surface area contributed by atoms with Gasteiger partial charge in [0.1, 0.15) is 6.04 Å². The minimum atomic E-state index is -2.52. The maximum absolute atomic E-state index is 12.9. The zero-order chi connectivity index (χ0) is 18.0. The third kappa shape index (κ3) is 3.51. The molecule has 0 saturated carbocycles. The number of para-hydroxylation sites is 1. The molecule has 1 aliphatic heterocycles. The van der Waals surface area contributed by atoms with Gasteiger partial charge in [0.2, 0.25) is 0 Å². The summed E-state index contributed by atoms with van der Waals surface area (Å²) in [6.45, 7) is 0. The number of anilines is 1. The van der Waals surface area contributed by atoms with Gasteiger partial charge < -0.3 is 4.74 Å². The average molecular weight is 363 g/mol. The molecule has 1 amide bonds. The molecule has 0 spiro atoms. The molecule has 0 radical (unpaired) electrons. The molecular formula is C18H15F2NO3S. The highest BCUT2D eigenvalue weighted by molar-refractivity contribution is 7.99. The van der Waals surface area contributed by atoms with Crippen molar-refractivity contribution in [3.8, 4) is 0 Å². The van der Waals surface area contributed by atoms with Gasteiger partial charge in [0, 0.05) is 22.6 Å². The smallest absolute Gasteiger partial charge is 0.329 e. The molecule has 3 rings (SSSR count). The zero-order valence-electron chi connectivity index (χ0n) is 13.3. The summed E-state index contributed by atoms with van der Waals surface area (Å²) in [5, 5.41) is 0. The minimum absolute atomic E-state index is 0.323. The number of halogens is 2. The van der Waals surface area contributed by atoms with E-state index in [4.69, 9.17) is 4.74 Å². The van der Waals surface area contributed by atoms with Gasteiger partial charge in [-0.25, -0.2) is 4.79 Å². The number of amides is 1. The van der Waals surface area contributed by atoms with Crippen molar-refractivity contribution in [2.24, 2.45) is 0 Å². The van der Waals surface area contributed by atoms with Crippen LogP contribution in [-0.2, 0) is 16.0 Å². The summed E-state index contributed by atoms with van der Waals surface area (Å²) in [6.07, 6.45) is 0.383. The summed E-state index contributed by atoms with van der Waals surface area (Å²) >= 11 is 0.416. The van der Waals surface area contributed by atoms with Gasteiger partial charge >= 0.3 is 5.97 Å². The molecular weight excluding hydrogens is 348 g/mol. The molecule has 2 aromatic carbocycles. The number of hydrogen-bond donors (Lipinski definition) is 0. The highest BCUT2D eigenvalue weighted by Crippen LogP contribution is 2.34. The molecule has 7 heteroatoms. The third-order valence-corrected chi connectivity index (χ3v) is 4.72. The first-order valence-corrected chi connectivity index (χ1v) is 8.43. The Kier molecular flexibility index (Phi) is 5.03.